The van der Waals surface area contributed by atoms with Gasteiger partial charge in [-0.2, -0.15) is 0 Å². The lowest BCUT2D eigenvalue weighted by Crippen LogP contribution is -2.44. The van der Waals surface area contributed by atoms with Crippen LogP contribution in [0.4, 0.5) is 0 Å². The summed E-state index contributed by atoms with van der Waals surface area (Å²) in [5.41, 5.74) is -0.115. The van der Waals surface area contributed by atoms with E-state index in [1.54, 1.807) is 14.2 Å². The molecule has 2 atom stereocenters. The highest BCUT2D eigenvalue weighted by Crippen LogP contribution is 2.44. The maximum Gasteiger partial charge on any atom is 0.184 e. The molecular formula is C15H30O3Si. The lowest BCUT2D eigenvalue weighted by atomic mass is 9.87. The molecule has 1 rings (SSSR count). The van der Waals surface area contributed by atoms with Gasteiger partial charge in [0.1, 0.15) is 0 Å². The molecule has 0 heterocycles. The topological polar surface area (TPSA) is 27.7 Å². The predicted octanol–water partition coefficient (Wildman–Crippen LogP) is 3.96. The fourth-order valence-electron chi connectivity index (χ4n) is 3.15. The van der Waals surface area contributed by atoms with Crippen LogP contribution in [0.3, 0.4) is 0 Å². The van der Waals surface area contributed by atoms with E-state index in [4.69, 9.17) is 13.9 Å². The van der Waals surface area contributed by atoms with Crippen molar-refractivity contribution in [2.24, 2.45) is 5.92 Å². The zero-order chi connectivity index (χ0) is 14.5. The van der Waals surface area contributed by atoms with Gasteiger partial charge in [0, 0.05) is 14.2 Å². The van der Waals surface area contributed by atoms with Gasteiger partial charge in [-0.1, -0.05) is 6.08 Å². The molecule has 0 bridgehead atoms. The first kappa shape index (κ1) is 16.9. The Labute approximate surface area is 119 Å². The summed E-state index contributed by atoms with van der Waals surface area (Å²) in [7, 11) is 1.83. The quantitative estimate of drug-likeness (QED) is 0.384. The van der Waals surface area contributed by atoms with Crippen molar-refractivity contribution in [1.29, 1.82) is 0 Å². The van der Waals surface area contributed by atoms with Gasteiger partial charge in [-0.05, 0) is 57.7 Å². The van der Waals surface area contributed by atoms with E-state index in [2.05, 4.69) is 32.3 Å². The van der Waals surface area contributed by atoms with Crippen LogP contribution in [0.25, 0.3) is 0 Å². The Morgan fingerprint density at radius 3 is 2.42 bits per heavy atom. The van der Waals surface area contributed by atoms with Gasteiger partial charge in [0.25, 0.3) is 0 Å². The van der Waals surface area contributed by atoms with Crippen molar-refractivity contribution >= 4 is 8.32 Å². The monoisotopic (exact) mass is 286 g/mol. The van der Waals surface area contributed by atoms with E-state index >= 15 is 0 Å². The summed E-state index contributed by atoms with van der Waals surface area (Å²) in [6, 6.07) is 0. The summed E-state index contributed by atoms with van der Waals surface area (Å²) < 4.78 is 17.1. The van der Waals surface area contributed by atoms with E-state index in [1.807, 2.05) is 0 Å². The molecule has 1 fully saturated rings. The van der Waals surface area contributed by atoms with Crippen LogP contribution in [-0.2, 0) is 13.9 Å². The van der Waals surface area contributed by atoms with Crippen molar-refractivity contribution in [3.8, 4) is 0 Å². The Morgan fingerprint density at radius 2 is 1.95 bits per heavy atom. The summed E-state index contributed by atoms with van der Waals surface area (Å²) in [6.45, 7) is 10.8. The molecule has 19 heavy (non-hydrogen) atoms. The first-order chi connectivity index (χ1) is 8.87. The molecule has 1 saturated carbocycles. The summed E-state index contributed by atoms with van der Waals surface area (Å²) in [5.74, 6) is 0.546. The molecule has 0 aromatic rings. The van der Waals surface area contributed by atoms with E-state index in [0.29, 0.717) is 5.92 Å². The fraction of sp³-hybridized carbons (Fsp3) is 0.867. The third-order valence-electron chi connectivity index (χ3n) is 3.93. The molecule has 0 aliphatic heterocycles. The molecule has 0 aromatic carbocycles. The third-order valence-corrected chi connectivity index (χ3v) is 4.92. The molecule has 0 unspecified atom stereocenters. The molecule has 1 aliphatic rings. The van der Waals surface area contributed by atoms with Crippen LogP contribution < -0.4 is 0 Å². The van der Waals surface area contributed by atoms with Gasteiger partial charge in [0.05, 0.1) is 5.60 Å². The van der Waals surface area contributed by atoms with Gasteiger partial charge in [0.15, 0.2) is 14.6 Å². The lowest BCUT2D eigenvalue weighted by Gasteiger charge is -2.39. The minimum absolute atomic E-state index is 0.102. The minimum Gasteiger partial charge on any atom is -0.408 e. The average Bonchev–Trinajstić information content (AvgIpc) is 2.72. The fourth-order valence-corrected chi connectivity index (χ4v) is 4.64. The molecule has 0 amide bonds. The molecule has 0 spiro atoms. The van der Waals surface area contributed by atoms with Crippen LogP contribution in [0.1, 0.15) is 32.1 Å². The zero-order valence-corrected chi connectivity index (χ0v) is 14.2. The molecular weight excluding hydrogens is 256 g/mol. The van der Waals surface area contributed by atoms with E-state index in [1.165, 1.54) is 12.8 Å². The van der Waals surface area contributed by atoms with E-state index < -0.39 is 8.32 Å². The third kappa shape index (κ3) is 4.70. The van der Waals surface area contributed by atoms with Crippen LogP contribution in [0.5, 0.6) is 0 Å². The van der Waals surface area contributed by atoms with Crippen molar-refractivity contribution < 1.29 is 13.9 Å². The molecule has 112 valence electrons. The largest absolute Gasteiger partial charge is 0.408 e. The van der Waals surface area contributed by atoms with Gasteiger partial charge in [-0.3, -0.25) is 0 Å². The summed E-state index contributed by atoms with van der Waals surface area (Å²) in [4.78, 5) is 0. The Kier molecular flexibility index (Phi) is 6.24. The van der Waals surface area contributed by atoms with E-state index in [9.17, 15) is 0 Å². The van der Waals surface area contributed by atoms with Gasteiger partial charge >= 0.3 is 0 Å². The highest BCUT2D eigenvalue weighted by atomic mass is 28.4. The molecule has 0 aromatic heterocycles. The van der Waals surface area contributed by atoms with Gasteiger partial charge in [0.2, 0.25) is 0 Å². The van der Waals surface area contributed by atoms with Gasteiger partial charge in [-0.25, -0.2) is 0 Å². The van der Waals surface area contributed by atoms with Crippen molar-refractivity contribution in [1.82, 2.24) is 0 Å². The summed E-state index contributed by atoms with van der Waals surface area (Å²) in [5, 5.41) is 0. The van der Waals surface area contributed by atoms with Crippen LogP contribution >= 0.6 is 0 Å². The minimum atomic E-state index is -1.56. The first-order valence-corrected chi connectivity index (χ1v) is 10.7. The molecule has 1 aliphatic carbocycles. The average molecular weight is 286 g/mol. The second-order valence-corrected chi connectivity index (χ2v) is 10.9. The normalized spacial score (nSPS) is 28.0. The molecule has 3 nitrogen and oxygen atoms in total. The second-order valence-electron chi connectivity index (χ2n) is 6.44. The lowest BCUT2D eigenvalue weighted by molar-refractivity contribution is -0.111. The number of rotatable bonds is 8. The second kappa shape index (κ2) is 7.02. The molecule has 0 radical (unpaired) electrons. The van der Waals surface area contributed by atoms with Gasteiger partial charge < -0.3 is 13.9 Å². The van der Waals surface area contributed by atoms with Crippen molar-refractivity contribution in [2.45, 2.75) is 63.6 Å². The standard InChI is InChI=1S/C15H30O3Si/c1-7-15(18-19(4,5)6)12-8-9-13(15)10-11-14(16-2)17-3/h7,13-14H,1,8-12H2,2-6H3/t13-,15-/m0/s1. The van der Waals surface area contributed by atoms with Crippen LogP contribution in [-0.4, -0.2) is 34.4 Å². The summed E-state index contributed by atoms with van der Waals surface area (Å²) in [6.07, 6.45) is 7.50. The van der Waals surface area contributed by atoms with E-state index in [-0.39, 0.29) is 11.9 Å². The maximum absolute atomic E-state index is 6.49. The Balaban J connectivity index is 2.67. The molecule has 4 heteroatoms. The number of methoxy groups -OCH3 is 2. The SMILES string of the molecule is C=C[C@]1(O[Si](C)(C)C)CCC[C@H]1CCC(OC)OC. The maximum atomic E-state index is 6.49. The van der Waals surface area contributed by atoms with Crippen molar-refractivity contribution in [3.05, 3.63) is 12.7 Å². The Morgan fingerprint density at radius 1 is 1.32 bits per heavy atom. The highest BCUT2D eigenvalue weighted by molar-refractivity contribution is 6.69. The predicted molar refractivity (Wildman–Crippen MR) is 81.7 cm³/mol. The first-order valence-electron chi connectivity index (χ1n) is 7.26. The van der Waals surface area contributed by atoms with Gasteiger partial charge in [-0.15, -0.1) is 6.58 Å². The number of hydrogen-bond acceptors (Lipinski definition) is 3. The van der Waals surface area contributed by atoms with Crippen LogP contribution in [0.15, 0.2) is 12.7 Å². The van der Waals surface area contributed by atoms with Crippen LogP contribution in [0.2, 0.25) is 19.6 Å². The Hall–Kier alpha value is -0.163. The zero-order valence-electron chi connectivity index (χ0n) is 13.2. The van der Waals surface area contributed by atoms with Crippen LogP contribution in [0, 0.1) is 5.92 Å². The van der Waals surface area contributed by atoms with Crippen molar-refractivity contribution in [3.63, 3.8) is 0 Å². The number of ether oxygens (including phenoxy) is 2. The Bertz CT molecular complexity index is 284. The smallest absolute Gasteiger partial charge is 0.184 e. The highest BCUT2D eigenvalue weighted by Gasteiger charge is 2.43. The van der Waals surface area contributed by atoms with Crippen molar-refractivity contribution in [2.75, 3.05) is 14.2 Å². The number of hydrogen-bond donors (Lipinski definition) is 0. The summed E-state index contributed by atoms with van der Waals surface area (Å²) >= 11 is 0. The molecule has 0 saturated heterocycles. The molecule has 0 N–H and O–H groups in total. The van der Waals surface area contributed by atoms with E-state index in [0.717, 1.165) is 19.3 Å².